The predicted octanol–water partition coefficient (Wildman–Crippen LogP) is 5.19. The van der Waals surface area contributed by atoms with Crippen molar-refractivity contribution >= 4 is 17.5 Å². The molecule has 2 N–H and O–H groups in total. The van der Waals surface area contributed by atoms with Crippen molar-refractivity contribution in [3.63, 3.8) is 0 Å². The molecule has 27 heavy (non-hydrogen) atoms. The highest BCUT2D eigenvalue weighted by Crippen LogP contribution is 2.37. The summed E-state index contributed by atoms with van der Waals surface area (Å²) in [6.07, 6.45) is 5.03. The molecule has 0 unspecified atom stereocenters. The Bertz CT molecular complexity index is 849. The Morgan fingerprint density at radius 3 is 2.48 bits per heavy atom. The zero-order valence-electron chi connectivity index (χ0n) is 16.4. The Morgan fingerprint density at radius 1 is 1.26 bits per heavy atom. The Balaban J connectivity index is 2.39. The van der Waals surface area contributed by atoms with Gasteiger partial charge in [0.05, 0.1) is 6.61 Å². The highest BCUT2D eigenvalue weighted by atomic mass is 16.5. The van der Waals surface area contributed by atoms with Crippen LogP contribution in [0.1, 0.15) is 42.3 Å². The quantitative estimate of drug-likeness (QED) is 0.384. The van der Waals surface area contributed by atoms with E-state index in [-0.39, 0.29) is 11.5 Å². The van der Waals surface area contributed by atoms with Gasteiger partial charge in [-0.05, 0) is 49.4 Å². The SMILES string of the molecule is C=CC(C)(C)c1cc(/C=C/C(=O)c2ccc(NC)cc2)c(OCC)cc1O. The van der Waals surface area contributed by atoms with Gasteiger partial charge in [-0.25, -0.2) is 0 Å². The van der Waals surface area contributed by atoms with E-state index in [0.29, 0.717) is 17.9 Å². The van der Waals surface area contributed by atoms with Gasteiger partial charge in [-0.2, -0.15) is 0 Å². The first-order valence-electron chi connectivity index (χ1n) is 8.96. The predicted molar refractivity (Wildman–Crippen MR) is 112 cm³/mol. The third-order valence-corrected chi connectivity index (χ3v) is 4.50. The van der Waals surface area contributed by atoms with Crippen LogP contribution in [-0.4, -0.2) is 24.5 Å². The maximum absolute atomic E-state index is 12.5. The fraction of sp³-hybridized carbons (Fsp3) is 0.261. The smallest absolute Gasteiger partial charge is 0.185 e. The summed E-state index contributed by atoms with van der Waals surface area (Å²) < 4.78 is 5.63. The second-order valence-corrected chi connectivity index (χ2v) is 6.79. The lowest BCUT2D eigenvalue weighted by molar-refractivity contribution is 0.104. The molecule has 0 aliphatic heterocycles. The second kappa shape index (κ2) is 8.58. The van der Waals surface area contributed by atoms with Crippen LogP contribution in [0, 0.1) is 0 Å². The number of phenols is 1. The molecule has 0 amide bonds. The van der Waals surface area contributed by atoms with Crippen molar-refractivity contribution in [1.82, 2.24) is 0 Å². The summed E-state index contributed by atoms with van der Waals surface area (Å²) >= 11 is 0. The number of phenolic OH excluding ortho intramolecular Hbond substituents is 1. The largest absolute Gasteiger partial charge is 0.507 e. The molecule has 4 nitrogen and oxygen atoms in total. The number of anilines is 1. The molecule has 0 fully saturated rings. The number of aromatic hydroxyl groups is 1. The molecule has 2 aromatic carbocycles. The molecular weight excluding hydrogens is 338 g/mol. The molecule has 0 heterocycles. The number of nitrogens with one attached hydrogen (secondary N) is 1. The number of benzene rings is 2. The lowest BCUT2D eigenvalue weighted by Gasteiger charge is -2.23. The number of ether oxygens (including phenoxy) is 1. The summed E-state index contributed by atoms with van der Waals surface area (Å²) in [5, 5.41) is 13.4. The fourth-order valence-corrected chi connectivity index (χ4v) is 2.69. The summed E-state index contributed by atoms with van der Waals surface area (Å²) in [5.74, 6) is 0.584. The standard InChI is InChI=1S/C23H27NO3/c1-6-23(3,4)19-14-17(22(27-7-2)15-21(19)26)10-13-20(25)16-8-11-18(24-5)12-9-16/h6,8-15,24,26H,1,7H2,2-5H3/b13-10+. The molecule has 0 saturated heterocycles. The minimum atomic E-state index is -0.412. The van der Waals surface area contributed by atoms with Crippen LogP contribution in [0.25, 0.3) is 6.08 Å². The van der Waals surface area contributed by atoms with Crippen molar-refractivity contribution < 1.29 is 14.6 Å². The molecule has 0 spiro atoms. The average molecular weight is 365 g/mol. The summed E-state index contributed by atoms with van der Waals surface area (Å²) in [4.78, 5) is 12.5. The van der Waals surface area contributed by atoms with Crippen LogP contribution in [0.15, 0.2) is 55.1 Å². The van der Waals surface area contributed by atoms with E-state index in [1.54, 1.807) is 30.4 Å². The Kier molecular flexibility index (Phi) is 6.45. The van der Waals surface area contributed by atoms with Gasteiger partial charge < -0.3 is 15.2 Å². The first kappa shape index (κ1) is 20.3. The van der Waals surface area contributed by atoms with Gasteiger partial charge in [-0.1, -0.05) is 19.9 Å². The van der Waals surface area contributed by atoms with Crippen molar-refractivity contribution in [3.05, 3.63) is 71.8 Å². The highest BCUT2D eigenvalue weighted by molar-refractivity contribution is 6.07. The minimum absolute atomic E-state index is 0.0993. The average Bonchev–Trinajstić information content (AvgIpc) is 2.67. The van der Waals surface area contributed by atoms with E-state index in [1.165, 1.54) is 6.08 Å². The summed E-state index contributed by atoms with van der Waals surface area (Å²) in [5.41, 5.74) is 2.61. The van der Waals surface area contributed by atoms with Crippen molar-refractivity contribution in [2.45, 2.75) is 26.2 Å². The van der Waals surface area contributed by atoms with E-state index in [9.17, 15) is 9.90 Å². The van der Waals surface area contributed by atoms with Gasteiger partial charge in [-0.15, -0.1) is 6.58 Å². The Hall–Kier alpha value is -3.01. The maximum Gasteiger partial charge on any atom is 0.185 e. The molecule has 2 rings (SSSR count). The van der Waals surface area contributed by atoms with Crippen LogP contribution in [0.5, 0.6) is 11.5 Å². The number of carbonyl (C=O) groups excluding carboxylic acids is 1. The zero-order chi connectivity index (χ0) is 20.0. The molecule has 142 valence electrons. The van der Waals surface area contributed by atoms with Crippen LogP contribution in [0.2, 0.25) is 0 Å². The van der Waals surface area contributed by atoms with Crippen LogP contribution < -0.4 is 10.1 Å². The summed E-state index contributed by atoms with van der Waals surface area (Å²) in [7, 11) is 1.83. The Labute approximate surface area is 161 Å². The zero-order valence-corrected chi connectivity index (χ0v) is 16.4. The molecule has 0 atom stereocenters. The van der Waals surface area contributed by atoms with E-state index in [0.717, 1.165) is 16.8 Å². The van der Waals surface area contributed by atoms with Crippen molar-refractivity contribution in [3.8, 4) is 11.5 Å². The molecule has 2 aromatic rings. The van der Waals surface area contributed by atoms with Crippen LogP contribution in [-0.2, 0) is 5.41 Å². The molecule has 0 aliphatic carbocycles. The van der Waals surface area contributed by atoms with Gasteiger partial charge in [0.2, 0.25) is 0 Å². The Morgan fingerprint density at radius 2 is 1.93 bits per heavy atom. The van der Waals surface area contributed by atoms with Crippen LogP contribution in [0.3, 0.4) is 0 Å². The van der Waals surface area contributed by atoms with E-state index in [2.05, 4.69) is 11.9 Å². The summed E-state index contributed by atoms with van der Waals surface area (Å²) in [6.45, 7) is 10.1. The lowest BCUT2D eigenvalue weighted by atomic mass is 9.83. The van der Waals surface area contributed by atoms with Crippen LogP contribution >= 0.6 is 0 Å². The fourth-order valence-electron chi connectivity index (χ4n) is 2.69. The van der Waals surface area contributed by atoms with Gasteiger partial charge in [0.25, 0.3) is 0 Å². The van der Waals surface area contributed by atoms with Crippen molar-refractivity contribution in [2.24, 2.45) is 0 Å². The van der Waals surface area contributed by atoms with Gasteiger partial charge in [-0.3, -0.25) is 4.79 Å². The number of rotatable bonds is 8. The first-order chi connectivity index (χ1) is 12.8. The van der Waals surface area contributed by atoms with Crippen molar-refractivity contribution in [2.75, 3.05) is 19.0 Å². The number of ketones is 1. The second-order valence-electron chi connectivity index (χ2n) is 6.79. The van der Waals surface area contributed by atoms with Gasteiger partial charge in [0, 0.05) is 40.9 Å². The normalized spacial score (nSPS) is 11.4. The van der Waals surface area contributed by atoms with Crippen LogP contribution in [0.4, 0.5) is 5.69 Å². The van der Waals surface area contributed by atoms with Gasteiger partial charge in [0.1, 0.15) is 11.5 Å². The van der Waals surface area contributed by atoms with E-state index < -0.39 is 5.41 Å². The third kappa shape index (κ3) is 4.79. The lowest BCUT2D eigenvalue weighted by Crippen LogP contribution is -2.13. The third-order valence-electron chi connectivity index (χ3n) is 4.50. The summed E-state index contributed by atoms with van der Waals surface area (Å²) in [6, 6.07) is 10.7. The molecule has 0 aliphatic rings. The molecule has 0 saturated carbocycles. The topological polar surface area (TPSA) is 58.6 Å². The molecular formula is C23H27NO3. The van der Waals surface area contributed by atoms with E-state index in [1.807, 2.05) is 46.0 Å². The first-order valence-corrected chi connectivity index (χ1v) is 8.96. The van der Waals surface area contributed by atoms with Gasteiger partial charge in [0.15, 0.2) is 5.78 Å². The van der Waals surface area contributed by atoms with Crippen molar-refractivity contribution in [1.29, 1.82) is 0 Å². The molecule has 0 bridgehead atoms. The molecule has 4 heteroatoms. The monoisotopic (exact) mass is 365 g/mol. The molecule has 0 radical (unpaired) electrons. The number of allylic oxidation sites excluding steroid dienone is 2. The number of hydrogen-bond donors (Lipinski definition) is 2. The minimum Gasteiger partial charge on any atom is -0.507 e. The number of carbonyl (C=O) groups is 1. The van der Waals surface area contributed by atoms with Gasteiger partial charge >= 0.3 is 0 Å². The van der Waals surface area contributed by atoms with E-state index in [4.69, 9.17) is 4.74 Å². The number of hydrogen-bond acceptors (Lipinski definition) is 4. The highest BCUT2D eigenvalue weighted by Gasteiger charge is 2.22. The molecule has 0 aromatic heterocycles. The maximum atomic E-state index is 12.5. The van der Waals surface area contributed by atoms with E-state index >= 15 is 0 Å².